The van der Waals surface area contributed by atoms with Gasteiger partial charge in [0.25, 0.3) is 11.7 Å². The third-order valence-corrected chi connectivity index (χ3v) is 15.3. The van der Waals surface area contributed by atoms with Crippen LogP contribution in [0.3, 0.4) is 0 Å². The number of carbonyl (C=O) groups is 5. The zero-order chi connectivity index (χ0) is 51.7. The molecule has 0 aromatic carbocycles. The molecule has 4 aliphatic rings. The molecule has 0 radical (unpaired) electrons. The summed E-state index contributed by atoms with van der Waals surface area (Å²) >= 11 is 0. The quantitative estimate of drug-likeness (QED) is 0.0911. The molecule has 70 heavy (non-hydrogen) atoms. The van der Waals surface area contributed by atoms with Crippen molar-refractivity contribution in [1.29, 1.82) is 0 Å². The molecular formula is C55H87NO14. The van der Waals surface area contributed by atoms with E-state index in [1.807, 2.05) is 58.1 Å². The molecule has 3 aliphatic heterocycles. The lowest BCUT2D eigenvalue weighted by Crippen LogP contribution is -2.61. The van der Waals surface area contributed by atoms with E-state index < -0.39 is 77.8 Å². The topological polar surface area (TPSA) is 194 Å². The highest BCUT2D eigenvalue weighted by Gasteiger charge is 2.53. The van der Waals surface area contributed by atoms with E-state index in [1.54, 1.807) is 48.2 Å². The van der Waals surface area contributed by atoms with Gasteiger partial charge in [-0.3, -0.25) is 19.2 Å². The molecule has 1 saturated carbocycles. The number of esters is 1. The summed E-state index contributed by atoms with van der Waals surface area (Å²) in [4.78, 5) is 72.4. The molecule has 1 aliphatic carbocycles. The Morgan fingerprint density at radius 2 is 1.57 bits per heavy atom. The molecule has 396 valence electrons. The molecule has 2 bridgehead atoms. The van der Waals surface area contributed by atoms with Crippen LogP contribution in [0, 0.1) is 35.5 Å². The molecule has 2 N–H and O–H groups in total. The second-order valence-electron chi connectivity index (χ2n) is 20.8. The van der Waals surface area contributed by atoms with Gasteiger partial charge in [-0.25, -0.2) is 4.79 Å². The summed E-state index contributed by atoms with van der Waals surface area (Å²) in [6.45, 7) is 14.0. The molecule has 1 amide bonds. The highest BCUT2D eigenvalue weighted by molar-refractivity contribution is 6.39. The molecule has 0 aromatic heterocycles. The van der Waals surface area contributed by atoms with Crippen LogP contribution in [0.15, 0.2) is 47.6 Å². The van der Waals surface area contributed by atoms with Crippen LogP contribution in [0.4, 0.5) is 0 Å². The minimum Gasteiger partial charge on any atom is -0.460 e. The third kappa shape index (κ3) is 16.3. The Labute approximate surface area is 418 Å². The summed E-state index contributed by atoms with van der Waals surface area (Å²) in [7, 11) is 6.31. The van der Waals surface area contributed by atoms with Gasteiger partial charge in [0.05, 0.1) is 24.4 Å². The molecule has 15 heteroatoms. The molecule has 12 unspecified atom stereocenters. The number of piperidine rings is 1. The number of Topliss-reactive ketones (excluding diaryl/α,β-unsaturated/α-hetero) is 3. The Morgan fingerprint density at radius 1 is 0.829 bits per heavy atom. The maximum atomic E-state index is 14.5. The van der Waals surface area contributed by atoms with Crippen LogP contribution >= 0.6 is 0 Å². The predicted octanol–water partition coefficient (Wildman–Crippen LogP) is 7.24. The van der Waals surface area contributed by atoms with Crippen LogP contribution in [0.2, 0.25) is 0 Å². The zero-order valence-electron chi connectivity index (χ0n) is 44.1. The third-order valence-electron chi connectivity index (χ3n) is 15.3. The Hall–Kier alpha value is -3.41. The maximum Gasteiger partial charge on any atom is 0.329 e. The van der Waals surface area contributed by atoms with Gasteiger partial charge in [-0.05, 0) is 113 Å². The largest absolute Gasteiger partial charge is 0.460 e. The zero-order valence-corrected chi connectivity index (χ0v) is 44.1. The number of nitrogens with zero attached hydrogens (tertiary/aromatic N) is 1. The van der Waals surface area contributed by atoms with Gasteiger partial charge in [-0.1, -0.05) is 71.1 Å². The molecular weight excluding hydrogens is 899 g/mol. The minimum atomic E-state index is -2.43. The van der Waals surface area contributed by atoms with Crippen molar-refractivity contribution in [2.45, 2.75) is 186 Å². The number of methoxy groups -OCH3 is 4. The fourth-order valence-corrected chi connectivity index (χ4v) is 10.7. The number of carbonyl (C=O) groups excluding carboxylic acids is 5. The second-order valence-corrected chi connectivity index (χ2v) is 20.8. The first-order chi connectivity index (χ1) is 33.3. The van der Waals surface area contributed by atoms with Gasteiger partial charge >= 0.3 is 5.97 Å². The van der Waals surface area contributed by atoms with Gasteiger partial charge in [0.1, 0.15) is 30.1 Å². The van der Waals surface area contributed by atoms with Gasteiger partial charge in [-0.15, -0.1) is 0 Å². The van der Waals surface area contributed by atoms with Crippen LogP contribution in [0.5, 0.6) is 0 Å². The number of cyclic esters (lactones) is 1. The van der Waals surface area contributed by atoms with Gasteiger partial charge in [0.15, 0.2) is 5.78 Å². The molecule has 2 saturated heterocycles. The highest BCUT2D eigenvalue weighted by Crippen LogP contribution is 2.38. The van der Waals surface area contributed by atoms with Gasteiger partial charge in [-0.2, -0.15) is 0 Å². The fourth-order valence-electron chi connectivity index (χ4n) is 10.7. The maximum absolute atomic E-state index is 14.5. The number of hydrogen-bond donors (Lipinski definition) is 2. The smallest absolute Gasteiger partial charge is 0.329 e. The molecule has 4 rings (SSSR count). The van der Waals surface area contributed by atoms with Crippen molar-refractivity contribution in [3.63, 3.8) is 0 Å². The van der Waals surface area contributed by atoms with E-state index in [-0.39, 0.29) is 60.9 Å². The summed E-state index contributed by atoms with van der Waals surface area (Å²) < 4.78 is 41.3. The number of aliphatic hydroxyl groups excluding tert-OH is 1. The Bertz CT molecular complexity index is 1840. The van der Waals surface area contributed by atoms with Crippen LogP contribution < -0.4 is 0 Å². The van der Waals surface area contributed by atoms with E-state index in [0.29, 0.717) is 70.2 Å². The number of fused-ring (bicyclic) bond motifs is 3. The molecule has 0 spiro atoms. The number of amides is 1. The first-order valence-electron chi connectivity index (χ1n) is 25.9. The number of ketones is 3. The number of hydrogen-bond acceptors (Lipinski definition) is 14. The van der Waals surface area contributed by atoms with Gasteiger partial charge in [0.2, 0.25) is 5.79 Å². The first kappa shape index (κ1) is 59.2. The van der Waals surface area contributed by atoms with E-state index in [2.05, 4.69) is 0 Å². The number of allylic oxidation sites excluding steroid dienone is 6. The van der Waals surface area contributed by atoms with Crippen molar-refractivity contribution in [3.05, 3.63) is 47.6 Å². The van der Waals surface area contributed by atoms with Crippen molar-refractivity contribution in [3.8, 4) is 0 Å². The normalized spacial score (nSPS) is 36.0. The Balaban J connectivity index is 1.68. The summed E-state index contributed by atoms with van der Waals surface area (Å²) in [5.74, 6) is -7.81. The van der Waals surface area contributed by atoms with Crippen molar-refractivity contribution in [2.75, 3.05) is 48.2 Å². The lowest BCUT2D eigenvalue weighted by molar-refractivity contribution is -0.265. The minimum absolute atomic E-state index is 0.0198. The van der Waals surface area contributed by atoms with Crippen LogP contribution in [0.1, 0.15) is 132 Å². The van der Waals surface area contributed by atoms with Crippen LogP contribution in [0.25, 0.3) is 0 Å². The SMILES string of the molecule is COCCCO[C@@H]1CC[C@@H](CC(C)C2CC(=O)C(C)C=C(C)C(O)C(OC)C(=O)C(C)CC(C)C=CC=CC=C(C)C(OC)CC3CCC(C)C(O)(O3)C(=O)C(=O)N3CCCCC3C(=O)O2)C[C@H]1OC. The first-order valence-corrected chi connectivity index (χ1v) is 25.9. The molecule has 15 nitrogen and oxygen atoms in total. The number of rotatable bonds is 11. The lowest BCUT2D eigenvalue weighted by atomic mass is 9.78. The van der Waals surface area contributed by atoms with Crippen molar-refractivity contribution >= 4 is 29.2 Å². The monoisotopic (exact) mass is 986 g/mol. The van der Waals surface area contributed by atoms with E-state index in [9.17, 15) is 34.2 Å². The molecule has 3 heterocycles. The number of aliphatic hydroxyl groups is 2. The van der Waals surface area contributed by atoms with E-state index in [1.165, 1.54) is 12.0 Å². The molecule has 0 aromatic rings. The van der Waals surface area contributed by atoms with Gasteiger partial charge in [0, 0.05) is 78.8 Å². The summed E-state index contributed by atoms with van der Waals surface area (Å²) in [5, 5.41) is 23.5. The predicted molar refractivity (Wildman–Crippen MR) is 265 cm³/mol. The van der Waals surface area contributed by atoms with Gasteiger partial charge < -0.3 is 48.3 Å². The van der Waals surface area contributed by atoms with E-state index in [0.717, 1.165) is 24.8 Å². The number of ether oxygens (including phenoxy) is 7. The van der Waals surface area contributed by atoms with Crippen molar-refractivity contribution in [2.24, 2.45) is 35.5 Å². The Kier molecular flexibility index (Phi) is 24.3. The Morgan fingerprint density at radius 3 is 2.26 bits per heavy atom. The average molecular weight is 986 g/mol. The fraction of sp³-hybridized carbons (Fsp3) is 0.764. The summed E-state index contributed by atoms with van der Waals surface area (Å²) in [5.41, 5.74) is 1.28. The van der Waals surface area contributed by atoms with E-state index in [4.69, 9.17) is 33.2 Å². The summed E-state index contributed by atoms with van der Waals surface area (Å²) in [6.07, 6.45) is 13.3. The molecule has 15 atom stereocenters. The molecule has 3 fully saturated rings. The average Bonchev–Trinajstić information content (AvgIpc) is 3.34. The standard InChI is InChI=1S/C55H87NO14/c1-34-18-13-12-14-19-35(2)46(65-9)32-42-23-21-40(7)55(63,70-42)52(60)53(61)56-25-16-15-20-43(56)54(62)69-47(37(4)30-41-22-24-45(48(31-41)66-10)68-27-17-26-64-8)33-44(57)36(3)29-39(6)50(59)51(67-11)49(58)38(5)28-34/h12-14,18-19,29,34,36-38,40-43,45-48,50-51,59,63H,15-17,20-28,30-33H2,1-11H3/t34?,36?,37?,38?,40?,41-,42?,43?,45+,46?,47?,48+,50?,51?,55?/m0/s1. The van der Waals surface area contributed by atoms with Crippen LogP contribution in [-0.2, 0) is 57.1 Å². The van der Waals surface area contributed by atoms with Crippen molar-refractivity contribution < 1.29 is 67.3 Å². The van der Waals surface area contributed by atoms with Crippen LogP contribution in [-0.4, -0.2) is 147 Å². The van der Waals surface area contributed by atoms with Crippen molar-refractivity contribution in [1.82, 2.24) is 4.90 Å². The lowest BCUT2D eigenvalue weighted by Gasteiger charge is -2.42. The second kappa shape index (κ2) is 28.7. The van der Waals surface area contributed by atoms with E-state index >= 15 is 0 Å². The summed E-state index contributed by atoms with van der Waals surface area (Å²) in [6, 6.07) is -1.13. The highest BCUT2D eigenvalue weighted by atomic mass is 16.6.